The Kier molecular flexibility index (Phi) is 9.90. The summed E-state index contributed by atoms with van der Waals surface area (Å²) in [6.07, 6.45) is 6.81. The first kappa shape index (κ1) is 27.5. The van der Waals surface area contributed by atoms with E-state index in [4.69, 9.17) is 10.5 Å². The second-order valence-corrected chi connectivity index (χ2v) is 8.55. The summed E-state index contributed by atoms with van der Waals surface area (Å²) in [5.41, 5.74) is 7.57. The number of ether oxygens (including phenoxy) is 1. The fourth-order valence-corrected chi connectivity index (χ4v) is 3.71. The predicted octanol–water partition coefficient (Wildman–Crippen LogP) is 0.826. The number of nitrogens with two attached hydrogens (primary N) is 1. The molecule has 11 nitrogen and oxygen atoms in total. The molecule has 0 atom stereocenters. The van der Waals surface area contributed by atoms with Gasteiger partial charge in [-0.3, -0.25) is 14.6 Å². The number of aliphatic imine (C=N–C) groups is 1. The average molecular weight is 513 g/mol. The van der Waals surface area contributed by atoms with Crippen molar-refractivity contribution < 1.29 is 18.7 Å². The van der Waals surface area contributed by atoms with E-state index in [1.807, 2.05) is 7.05 Å². The molecule has 0 bridgehead atoms. The van der Waals surface area contributed by atoms with Gasteiger partial charge < -0.3 is 30.9 Å². The first-order chi connectivity index (χ1) is 17.8. The number of methoxy groups -OCH3 is 1. The highest BCUT2D eigenvalue weighted by atomic mass is 19.1. The van der Waals surface area contributed by atoms with Crippen molar-refractivity contribution in [1.29, 1.82) is 0 Å². The van der Waals surface area contributed by atoms with Crippen molar-refractivity contribution in [2.24, 2.45) is 10.7 Å². The maximum Gasteiger partial charge on any atom is 0.251 e. The number of halogens is 1. The van der Waals surface area contributed by atoms with Gasteiger partial charge in [0.25, 0.3) is 5.91 Å². The molecule has 1 aromatic carbocycles. The maximum absolute atomic E-state index is 14.7. The highest BCUT2D eigenvalue weighted by Gasteiger charge is 2.18. The molecular formula is C25H33FN8O3. The summed E-state index contributed by atoms with van der Waals surface area (Å²) in [7, 11) is 4.90. The lowest BCUT2D eigenvalue weighted by Gasteiger charge is -2.32. The van der Waals surface area contributed by atoms with E-state index in [1.54, 1.807) is 17.3 Å². The monoisotopic (exact) mass is 512 g/mol. The second-order valence-electron chi connectivity index (χ2n) is 8.55. The fourth-order valence-electron chi connectivity index (χ4n) is 3.71. The van der Waals surface area contributed by atoms with Crippen molar-refractivity contribution in [2.75, 3.05) is 59.2 Å². The SMILES string of the molecule is CNC(=O)c1cc(CCc2cnc(NC(C=NCC(=O)N3CCN(C)CC3)=CN)nc2)c(F)c(OC)c1. The van der Waals surface area contributed by atoms with Crippen LogP contribution in [0.5, 0.6) is 5.75 Å². The Labute approximate surface area is 215 Å². The van der Waals surface area contributed by atoms with Gasteiger partial charge in [-0.15, -0.1) is 0 Å². The van der Waals surface area contributed by atoms with Crippen LogP contribution in [-0.2, 0) is 17.6 Å². The van der Waals surface area contributed by atoms with Crippen LogP contribution < -0.4 is 21.1 Å². The lowest BCUT2D eigenvalue weighted by molar-refractivity contribution is -0.131. The molecule has 0 radical (unpaired) electrons. The van der Waals surface area contributed by atoms with Gasteiger partial charge in [-0.1, -0.05) is 0 Å². The number of benzene rings is 1. The summed E-state index contributed by atoms with van der Waals surface area (Å²) in [5.74, 6) is -0.547. The highest BCUT2D eigenvalue weighted by molar-refractivity contribution is 5.94. The molecule has 1 aliphatic rings. The third-order valence-electron chi connectivity index (χ3n) is 5.96. The molecule has 2 aromatic rings. The van der Waals surface area contributed by atoms with Gasteiger partial charge in [0, 0.05) is 63.6 Å². The summed E-state index contributed by atoms with van der Waals surface area (Å²) in [6, 6.07) is 2.88. The molecule has 4 N–H and O–H groups in total. The van der Waals surface area contributed by atoms with Crippen molar-refractivity contribution in [1.82, 2.24) is 25.1 Å². The molecule has 0 saturated carbocycles. The molecule has 37 heavy (non-hydrogen) atoms. The van der Waals surface area contributed by atoms with Gasteiger partial charge in [0.2, 0.25) is 11.9 Å². The van der Waals surface area contributed by atoms with Gasteiger partial charge in [-0.05, 0) is 43.1 Å². The van der Waals surface area contributed by atoms with Gasteiger partial charge in [0.15, 0.2) is 11.6 Å². The number of piperazine rings is 1. The van der Waals surface area contributed by atoms with Crippen molar-refractivity contribution in [3.63, 3.8) is 0 Å². The number of allylic oxidation sites excluding steroid dienone is 1. The number of likely N-dealkylation sites (N-methyl/N-ethyl adjacent to an activating group) is 1. The van der Waals surface area contributed by atoms with E-state index in [0.717, 1.165) is 18.7 Å². The Balaban J connectivity index is 1.55. The molecule has 1 aliphatic heterocycles. The minimum atomic E-state index is -0.502. The van der Waals surface area contributed by atoms with Gasteiger partial charge in [-0.25, -0.2) is 14.4 Å². The first-order valence-electron chi connectivity index (χ1n) is 11.9. The van der Waals surface area contributed by atoms with Crippen LogP contribution in [0.4, 0.5) is 10.3 Å². The van der Waals surface area contributed by atoms with Crippen LogP contribution in [-0.4, -0.2) is 91.7 Å². The zero-order valence-electron chi connectivity index (χ0n) is 21.3. The van der Waals surface area contributed by atoms with Crippen molar-refractivity contribution in [3.05, 3.63) is 58.9 Å². The number of nitrogens with one attached hydrogen (secondary N) is 2. The quantitative estimate of drug-likeness (QED) is 0.398. The molecule has 1 aromatic heterocycles. The van der Waals surface area contributed by atoms with E-state index in [1.165, 1.54) is 38.7 Å². The third-order valence-corrected chi connectivity index (χ3v) is 5.96. The number of hydrogen-bond donors (Lipinski definition) is 3. The van der Waals surface area contributed by atoms with E-state index < -0.39 is 5.82 Å². The topological polar surface area (TPSA) is 138 Å². The van der Waals surface area contributed by atoms with Gasteiger partial charge >= 0.3 is 0 Å². The van der Waals surface area contributed by atoms with E-state index >= 15 is 0 Å². The van der Waals surface area contributed by atoms with Crippen LogP contribution in [0.3, 0.4) is 0 Å². The zero-order chi connectivity index (χ0) is 26.8. The number of anilines is 1. The van der Waals surface area contributed by atoms with Crippen LogP contribution in [0.2, 0.25) is 0 Å². The van der Waals surface area contributed by atoms with Crippen LogP contribution in [0.1, 0.15) is 21.5 Å². The third kappa shape index (κ3) is 7.71. The summed E-state index contributed by atoms with van der Waals surface area (Å²) < 4.78 is 19.8. The second kappa shape index (κ2) is 13.3. The molecule has 1 fully saturated rings. The Morgan fingerprint density at radius 2 is 1.89 bits per heavy atom. The van der Waals surface area contributed by atoms with E-state index in [2.05, 4.69) is 30.5 Å². The Morgan fingerprint density at radius 1 is 1.19 bits per heavy atom. The van der Waals surface area contributed by atoms with E-state index in [9.17, 15) is 14.0 Å². The largest absolute Gasteiger partial charge is 0.494 e. The minimum Gasteiger partial charge on any atom is -0.494 e. The summed E-state index contributed by atoms with van der Waals surface area (Å²) >= 11 is 0. The minimum absolute atomic E-state index is 0.0138. The lowest BCUT2D eigenvalue weighted by Crippen LogP contribution is -2.47. The number of nitrogens with zero attached hydrogens (tertiary/aromatic N) is 5. The van der Waals surface area contributed by atoms with Crippen LogP contribution in [0.25, 0.3) is 0 Å². The Hall–Kier alpha value is -4.06. The van der Waals surface area contributed by atoms with Crippen LogP contribution in [0, 0.1) is 5.82 Å². The molecule has 12 heteroatoms. The number of carbonyl (C=O) groups is 2. The molecule has 0 unspecified atom stereocenters. The molecule has 0 spiro atoms. The highest BCUT2D eigenvalue weighted by Crippen LogP contribution is 2.24. The number of carbonyl (C=O) groups excluding carboxylic acids is 2. The molecule has 3 rings (SSSR count). The lowest BCUT2D eigenvalue weighted by atomic mass is 10.0. The van der Waals surface area contributed by atoms with Crippen molar-refractivity contribution in [2.45, 2.75) is 12.8 Å². The molecule has 0 aliphatic carbocycles. The standard InChI is InChI=1S/C25H33FN8O3/c1-28-24(36)19-10-18(23(26)21(11-19)37-3)5-4-17-13-30-25(31-14-17)32-20(12-27)15-29-16-22(35)34-8-6-33(2)7-9-34/h10-15H,4-9,16,27H2,1-3H3,(H,28,36)(H,30,31,32). The molecule has 2 amide bonds. The molecular weight excluding hydrogens is 479 g/mol. The summed E-state index contributed by atoms with van der Waals surface area (Å²) in [5, 5.41) is 5.48. The molecule has 198 valence electrons. The predicted molar refractivity (Wildman–Crippen MR) is 139 cm³/mol. The average Bonchev–Trinajstić information content (AvgIpc) is 2.92. The first-order valence-corrected chi connectivity index (χ1v) is 11.9. The Morgan fingerprint density at radius 3 is 2.51 bits per heavy atom. The van der Waals surface area contributed by atoms with Crippen molar-refractivity contribution in [3.8, 4) is 5.75 Å². The Bertz CT molecular complexity index is 1150. The number of aromatic nitrogens is 2. The van der Waals surface area contributed by atoms with Crippen molar-refractivity contribution >= 4 is 24.0 Å². The smallest absolute Gasteiger partial charge is 0.251 e. The summed E-state index contributed by atoms with van der Waals surface area (Å²) in [6.45, 7) is 3.13. The zero-order valence-corrected chi connectivity index (χ0v) is 21.3. The number of amides is 2. The van der Waals surface area contributed by atoms with Gasteiger partial charge in [0.05, 0.1) is 12.8 Å². The van der Waals surface area contributed by atoms with Crippen LogP contribution in [0.15, 0.2) is 41.4 Å². The summed E-state index contributed by atoms with van der Waals surface area (Å²) in [4.78, 5) is 41.0. The van der Waals surface area contributed by atoms with Crippen LogP contribution >= 0.6 is 0 Å². The van der Waals surface area contributed by atoms with E-state index in [-0.39, 0.29) is 24.1 Å². The molecule has 2 heterocycles. The van der Waals surface area contributed by atoms with E-state index in [0.29, 0.717) is 48.7 Å². The van der Waals surface area contributed by atoms with Gasteiger partial charge in [-0.2, -0.15) is 0 Å². The fraction of sp³-hybridized carbons (Fsp3) is 0.400. The number of rotatable bonds is 10. The number of aryl methyl sites for hydroxylation is 2. The van der Waals surface area contributed by atoms with Gasteiger partial charge in [0.1, 0.15) is 6.54 Å². The molecule has 1 saturated heterocycles. The normalized spacial score (nSPS) is 14.6. The number of hydrogen-bond acceptors (Lipinski definition) is 9. The maximum atomic E-state index is 14.7.